The highest BCUT2D eigenvalue weighted by Crippen LogP contribution is 2.14. The maximum atomic E-state index is 10.8. The highest BCUT2D eigenvalue weighted by Gasteiger charge is 2.21. The standard InChI is InChI=1S/C7H14N2O/c1-5(8)6-2-3-9-7(10)4-6/h5-6H,2-4,8H2,1H3,(H,9,10). The molecule has 1 saturated heterocycles. The zero-order valence-corrected chi connectivity index (χ0v) is 6.26. The molecule has 0 saturated carbocycles. The van der Waals surface area contributed by atoms with Crippen LogP contribution in [0.4, 0.5) is 0 Å². The molecule has 1 heterocycles. The van der Waals surface area contributed by atoms with Crippen molar-refractivity contribution in [2.24, 2.45) is 11.7 Å². The molecule has 1 fully saturated rings. The molecule has 3 N–H and O–H groups in total. The first kappa shape index (κ1) is 7.54. The zero-order valence-electron chi connectivity index (χ0n) is 6.26. The molecule has 1 amide bonds. The summed E-state index contributed by atoms with van der Waals surface area (Å²) < 4.78 is 0. The molecule has 2 unspecified atom stereocenters. The molecule has 3 heteroatoms. The van der Waals surface area contributed by atoms with E-state index in [9.17, 15) is 4.79 Å². The quantitative estimate of drug-likeness (QED) is 0.535. The summed E-state index contributed by atoms with van der Waals surface area (Å²) in [5, 5.41) is 2.77. The van der Waals surface area contributed by atoms with Gasteiger partial charge in [0.1, 0.15) is 0 Å². The van der Waals surface area contributed by atoms with E-state index in [1.165, 1.54) is 0 Å². The maximum absolute atomic E-state index is 10.8. The van der Waals surface area contributed by atoms with Crippen molar-refractivity contribution in [1.82, 2.24) is 5.32 Å². The Labute approximate surface area is 61.0 Å². The predicted octanol–water partition coefficient (Wildman–Crippen LogP) is -0.140. The number of piperidine rings is 1. The minimum absolute atomic E-state index is 0.147. The molecule has 1 rings (SSSR count). The summed E-state index contributed by atoms with van der Waals surface area (Å²) in [6.07, 6.45) is 1.64. The zero-order chi connectivity index (χ0) is 7.56. The molecular weight excluding hydrogens is 128 g/mol. The second-order valence-corrected chi connectivity index (χ2v) is 2.96. The predicted molar refractivity (Wildman–Crippen MR) is 39.4 cm³/mol. The Bertz CT molecular complexity index is 134. The average molecular weight is 142 g/mol. The Morgan fingerprint density at radius 3 is 2.90 bits per heavy atom. The molecular formula is C7H14N2O. The molecule has 1 aliphatic rings. The molecule has 0 aromatic rings. The third kappa shape index (κ3) is 1.70. The van der Waals surface area contributed by atoms with E-state index in [-0.39, 0.29) is 11.9 Å². The Balaban J connectivity index is 2.39. The van der Waals surface area contributed by atoms with Crippen LogP contribution in [0.2, 0.25) is 0 Å². The van der Waals surface area contributed by atoms with Crippen LogP contribution in [-0.4, -0.2) is 18.5 Å². The van der Waals surface area contributed by atoms with E-state index < -0.39 is 0 Å². The first-order valence-corrected chi connectivity index (χ1v) is 3.72. The molecule has 0 aliphatic carbocycles. The fourth-order valence-electron chi connectivity index (χ4n) is 1.26. The lowest BCUT2D eigenvalue weighted by Gasteiger charge is -2.24. The van der Waals surface area contributed by atoms with Crippen molar-refractivity contribution in [3.63, 3.8) is 0 Å². The molecule has 1 aliphatic heterocycles. The molecule has 0 aromatic carbocycles. The number of amides is 1. The van der Waals surface area contributed by atoms with Gasteiger partial charge in [0, 0.05) is 19.0 Å². The van der Waals surface area contributed by atoms with Gasteiger partial charge < -0.3 is 11.1 Å². The summed E-state index contributed by atoms with van der Waals surface area (Å²) in [5.74, 6) is 0.544. The molecule has 0 bridgehead atoms. The van der Waals surface area contributed by atoms with Crippen molar-refractivity contribution in [2.45, 2.75) is 25.8 Å². The van der Waals surface area contributed by atoms with Gasteiger partial charge in [-0.25, -0.2) is 0 Å². The lowest BCUT2D eigenvalue weighted by Crippen LogP contribution is -2.40. The van der Waals surface area contributed by atoms with Crippen molar-refractivity contribution < 1.29 is 4.79 Å². The molecule has 10 heavy (non-hydrogen) atoms. The normalized spacial score (nSPS) is 29.4. The van der Waals surface area contributed by atoms with Gasteiger partial charge in [0.25, 0.3) is 0 Å². The third-order valence-corrected chi connectivity index (χ3v) is 2.03. The van der Waals surface area contributed by atoms with Crippen LogP contribution in [0.3, 0.4) is 0 Å². The van der Waals surface area contributed by atoms with Gasteiger partial charge in [-0.1, -0.05) is 0 Å². The fraction of sp³-hybridized carbons (Fsp3) is 0.857. The highest BCUT2D eigenvalue weighted by atomic mass is 16.1. The Morgan fingerprint density at radius 2 is 2.50 bits per heavy atom. The smallest absolute Gasteiger partial charge is 0.220 e. The topological polar surface area (TPSA) is 55.1 Å². The second-order valence-electron chi connectivity index (χ2n) is 2.96. The van der Waals surface area contributed by atoms with E-state index >= 15 is 0 Å². The summed E-state index contributed by atoms with van der Waals surface area (Å²) >= 11 is 0. The van der Waals surface area contributed by atoms with Gasteiger partial charge in [-0.2, -0.15) is 0 Å². The SMILES string of the molecule is CC(N)C1CCNC(=O)C1. The Morgan fingerprint density at radius 1 is 1.80 bits per heavy atom. The first-order valence-electron chi connectivity index (χ1n) is 3.72. The van der Waals surface area contributed by atoms with Crippen LogP contribution in [0.25, 0.3) is 0 Å². The number of rotatable bonds is 1. The number of nitrogens with two attached hydrogens (primary N) is 1. The number of carbonyl (C=O) groups excluding carboxylic acids is 1. The van der Waals surface area contributed by atoms with Crippen LogP contribution in [0.5, 0.6) is 0 Å². The van der Waals surface area contributed by atoms with Gasteiger partial charge >= 0.3 is 0 Å². The minimum atomic E-state index is 0.147. The Kier molecular flexibility index (Phi) is 2.27. The van der Waals surface area contributed by atoms with E-state index in [1.54, 1.807) is 0 Å². The molecule has 3 nitrogen and oxygen atoms in total. The van der Waals surface area contributed by atoms with Crippen molar-refractivity contribution in [1.29, 1.82) is 0 Å². The van der Waals surface area contributed by atoms with E-state index in [4.69, 9.17) is 5.73 Å². The van der Waals surface area contributed by atoms with Crippen molar-refractivity contribution >= 4 is 5.91 Å². The van der Waals surface area contributed by atoms with Crippen LogP contribution in [0.1, 0.15) is 19.8 Å². The average Bonchev–Trinajstić information content (AvgIpc) is 1.88. The number of carbonyl (C=O) groups is 1. The van der Waals surface area contributed by atoms with Gasteiger partial charge in [0.2, 0.25) is 5.91 Å². The molecule has 0 aromatic heterocycles. The van der Waals surface area contributed by atoms with Gasteiger partial charge in [-0.3, -0.25) is 4.79 Å². The van der Waals surface area contributed by atoms with E-state index in [2.05, 4.69) is 5.32 Å². The molecule has 0 spiro atoms. The summed E-state index contributed by atoms with van der Waals surface area (Å²) in [5.41, 5.74) is 5.65. The van der Waals surface area contributed by atoms with Crippen LogP contribution in [-0.2, 0) is 4.79 Å². The van der Waals surface area contributed by atoms with Crippen molar-refractivity contribution in [2.75, 3.05) is 6.54 Å². The largest absolute Gasteiger partial charge is 0.356 e. The lowest BCUT2D eigenvalue weighted by atomic mass is 9.91. The fourth-order valence-corrected chi connectivity index (χ4v) is 1.26. The number of hydrogen-bond acceptors (Lipinski definition) is 2. The van der Waals surface area contributed by atoms with E-state index in [1.807, 2.05) is 6.92 Å². The van der Waals surface area contributed by atoms with E-state index in [0.717, 1.165) is 13.0 Å². The minimum Gasteiger partial charge on any atom is -0.356 e. The van der Waals surface area contributed by atoms with Gasteiger partial charge in [0.15, 0.2) is 0 Å². The molecule has 0 radical (unpaired) electrons. The maximum Gasteiger partial charge on any atom is 0.220 e. The lowest BCUT2D eigenvalue weighted by molar-refractivity contribution is -0.123. The van der Waals surface area contributed by atoms with Crippen LogP contribution in [0, 0.1) is 5.92 Å². The summed E-state index contributed by atoms with van der Waals surface area (Å²) in [6, 6.07) is 0.158. The van der Waals surface area contributed by atoms with Gasteiger partial charge in [0.05, 0.1) is 0 Å². The highest BCUT2D eigenvalue weighted by molar-refractivity contribution is 5.76. The van der Waals surface area contributed by atoms with Crippen LogP contribution >= 0.6 is 0 Å². The summed E-state index contributed by atoms with van der Waals surface area (Å²) in [7, 11) is 0. The first-order chi connectivity index (χ1) is 4.70. The number of nitrogens with one attached hydrogen (secondary N) is 1. The Hall–Kier alpha value is -0.570. The van der Waals surface area contributed by atoms with Crippen LogP contribution < -0.4 is 11.1 Å². The molecule has 2 atom stereocenters. The van der Waals surface area contributed by atoms with Crippen molar-refractivity contribution in [3.8, 4) is 0 Å². The third-order valence-electron chi connectivity index (χ3n) is 2.03. The number of hydrogen-bond donors (Lipinski definition) is 2. The summed E-state index contributed by atoms with van der Waals surface area (Å²) in [4.78, 5) is 10.8. The second kappa shape index (κ2) is 3.01. The van der Waals surface area contributed by atoms with Crippen LogP contribution in [0.15, 0.2) is 0 Å². The van der Waals surface area contributed by atoms with Gasteiger partial charge in [-0.05, 0) is 19.3 Å². The van der Waals surface area contributed by atoms with Gasteiger partial charge in [-0.15, -0.1) is 0 Å². The summed E-state index contributed by atoms with van der Waals surface area (Å²) in [6.45, 7) is 2.76. The van der Waals surface area contributed by atoms with Crippen molar-refractivity contribution in [3.05, 3.63) is 0 Å². The molecule has 58 valence electrons. The van der Waals surface area contributed by atoms with E-state index in [0.29, 0.717) is 12.3 Å². The monoisotopic (exact) mass is 142 g/mol.